The molecule has 1 aliphatic heterocycles. The predicted octanol–water partition coefficient (Wildman–Crippen LogP) is 1.30. The second-order valence-electron chi connectivity index (χ2n) is 4.02. The molecule has 0 aliphatic carbocycles. The van der Waals surface area contributed by atoms with Crippen LogP contribution < -0.4 is 5.73 Å². The molecule has 2 N–H and O–H groups in total. The molecule has 96 valence electrons. The highest BCUT2D eigenvalue weighted by Crippen LogP contribution is 2.21. The number of amides is 1. The quantitative estimate of drug-likeness (QED) is 0.903. The average molecular weight is 277 g/mol. The maximum absolute atomic E-state index is 12.1. The standard InChI is InChI=1S/C10H16N4OS.ClH/c11-5-4-8-3-1-2-6-14(8)10(15)9-7-16-13-12-9;/h7-8H,1-6,11H2;1H. The maximum Gasteiger partial charge on any atom is 0.275 e. The predicted molar refractivity (Wildman–Crippen MR) is 69.5 cm³/mol. The van der Waals surface area contributed by atoms with Crippen molar-refractivity contribution in [2.24, 2.45) is 5.73 Å². The van der Waals surface area contributed by atoms with Crippen LogP contribution >= 0.6 is 23.9 Å². The first-order valence-corrected chi connectivity index (χ1v) is 6.44. The van der Waals surface area contributed by atoms with Crippen molar-refractivity contribution in [1.82, 2.24) is 14.5 Å². The van der Waals surface area contributed by atoms with Gasteiger partial charge in [-0.3, -0.25) is 4.79 Å². The van der Waals surface area contributed by atoms with Crippen LogP contribution in [-0.4, -0.2) is 39.5 Å². The van der Waals surface area contributed by atoms with Crippen molar-refractivity contribution in [3.05, 3.63) is 11.1 Å². The lowest BCUT2D eigenvalue weighted by Gasteiger charge is -2.35. The van der Waals surface area contributed by atoms with Gasteiger partial charge in [0.15, 0.2) is 5.69 Å². The zero-order valence-corrected chi connectivity index (χ0v) is 11.2. The van der Waals surface area contributed by atoms with Crippen LogP contribution in [0, 0.1) is 0 Å². The van der Waals surface area contributed by atoms with Crippen LogP contribution in [0.3, 0.4) is 0 Å². The number of carbonyl (C=O) groups excluding carboxylic acids is 1. The molecule has 1 aromatic rings. The summed E-state index contributed by atoms with van der Waals surface area (Å²) < 4.78 is 3.73. The number of nitrogens with two attached hydrogens (primary N) is 1. The van der Waals surface area contributed by atoms with E-state index < -0.39 is 0 Å². The summed E-state index contributed by atoms with van der Waals surface area (Å²) in [4.78, 5) is 14.0. The Morgan fingerprint density at radius 2 is 2.41 bits per heavy atom. The summed E-state index contributed by atoms with van der Waals surface area (Å²) in [5, 5.41) is 5.54. The summed E-state index contributed by atoms with van der Waals surface area (Å²) >= 11 is 1.21. The minimum atomic E-state index is 0. The third kappa shape index (κ3) is 3.37. The van der Waals surface area contributed by atoms with Crippen LogP contribution in [0.25, 0.3) is 0 Å². The molecule has 0 radical (unpaired) electrons. The first-order valence-electron chi connectivity index (χ1n) is 5.61. The van der Waals surface area contributed by atoms with Crippen molar-refractivity contribution in [2.45, 2.75) is 31.7 Å². The molecule has 0 spiro atoms. The first kappa shape index (κ1) is 14.3. The second kappa shape index (κ2) is 6.88. The van der Waals surface area contributed by atoms with Gasteiger partial charge in [-0.15, -0.1) is 17.5 Å². The van der Waals surface area contributed by atoms with Gasteiger partial charge in [-0.25, -0.2) is 0 Å². The van der Waals surface area contributed by atoms with Crippen LogP contribution in [0.4, 0.5) is 0 Å². The zero-order chi connectivity index (χ0) is 11.4. The van der Waals surface area contributed by atoms with Crippen molar-refractivity contribution in [1.29, 1.82) is 0 Å². The Hall–Kier alpha value is -0.720. The van der Waals surface area contributed by atoms with E-state index in [2.05, 4.69) is 9.59 Å². The number of rotatable bonds is 3. The van der Waals surface area contributed by atoms with Gasteiger partial charge in [0.2, 0.25) is 0 Å². The molecule has 5 nitrogen and oxygen atoms in total. The number of carbonyl (C=O) groups is 1. The molecule has 1 fully saturated rings. The van der Waals surface area contributed by atoms with Gasteiger partial charge in [0, 0.05) is 18.0 Å². The average Bonchev–Trinajstić information content (AvgIpc) is 2.83. The van der Waals surface area contributed by atoms with E-state index >= 15 is 0 Å². The van der Waals surface area contributed by atoms with Crippen molar-refractivity contribution in [3.63, 3.8) is 0 Å². The minimum absolute atomic E-state index is 0. The molecule has 1 aromatic heterocycles. The van der Waals surface area contributed by atoms with E-state index in [0.29, 0.717) is 12.2 Å². The Morgan fingerprint density at radius 1 is 1.59 bits per heavy atom. The smallest absolute Gasteiger partial charge is 0.275 e. The highest BCUT2D eigenvalue weighted by atomic mass is 35.5. The highest BCUT2D eigenvalue weighted by Gasteiger charge is 2.27. The van der Waals surface area contributed by atoms with Gasteiger partial charge >= 0.3 is 0 Å². The Morgan fingerprint density at radius 3 is 3.06 bits per heavy atom. The van der Waals surface area contributed by atoms with Gasteiger partial charge in [-0.2, -0.15) is 0 Å². The van der Waals surface area contributed by atoms with Crippen LogP contribution in [0.1, 0.15) is 36.2 Å². The SMILES string of the molecule is Cl.NCCC1CCCCN1C(=O)c1csnn1. The minimum Gasteiger partial charge on any atom is -0.334 e. The highest BCUT2D eigenvalue weighted by molar-refractivity contribution is 7.03. The molecule has 1 aliphatic rings. The molecule has 0 aromatic carbocycles. The topological polar surface area (TPSA) is 72.1 Å². The Balaban J connectivity index is 0.00000144. The van der Waals surface area contributed by atoms with E-state index in [9.17, 15) is 4.79 Å². The monoisotopic (exact) mass is 276 g/mol. The van der Waals surface area contributed by atoms with Gasteiger partial charge in [0.05, 0.1) is 0 Å². The fourth-order valence-electron chi connectivity index (χ4n) is 2.17. The van der Waals surface area contributed by atoms with Gasteiger partial charge in [0.1, 0.15) is 0 Å². The molecular weight excluding hydrogens is 260 g/mol. The van der Waals surface area contributed by atoms with Crippen LogP contribution in [0.5, 0.6) is 0 Å². The van der Waals surface area contributed by atoms with E-state index in [0.717, 1.165) is 25.8 Å². The van der Waals surface area contributed by atoms with E-state index in [1.165, 1.54) is 18.0 Å². The Labute approximate surface area is 111 Å². The number of nitrogens with zero attached hydrogens (tertiary/aromatic N) is 3. The Bertz CT molecular complexity index is 344. The number of aromatic nitrogens is 2. The lowest BCUT2D eigenvalue weighted by atomic mass is 9.99. The molecule has 0 saturated carbocycles. The summed E-state index contributed by atoms with van der Waals surface area (Å²) in [6.07, 6.45) is 4.19. The molecule has 1 unspecified atom stereocenters. The summed E-state index contributed by atoms with van der Waals surface area (Å²) in [7, 11) is 0. The van der Waals surface area contributed by atoms with Crippen molar-refractivity contribution in [3.8, 4) is 0 Å². The summed E-state index contributed by atoms with van der Waals surface area (Å²) in [5.41, 5.74) is 6.04. The molecule has 7 heteroatoms. The number of hydrogen-bond acceptors (Lipinski definition) is 5. The van der Waals surface area contributed by atoms with Gasteiger partial charge in [-0.05, 0) is 43.8 Å². The molecule has 17 heavy (non-hydrogen) atoms. The van der Waals surface area contributed by atoms with Gasteiger partial charge in [0.25, 0.3) is 5.91 Å². The van der Waals surface area contributed by atoms with Crippen LogP contribution in [-0.2, 0) is 0 Å². The van der Waals surface area contributed by atoms with Crippen molar-refractivity contribution in [2.75, 3.05) is 13.1 Å². The molecule has 1 saturated heterocycles. The van der Waals surface area contributed by atoms with Gasteiger partial charge < -0.3 is 10.6 Å². The molecule has 2 heterocycles. The largest absolute Gasteiger partial charge is 0.334 e. The maximum atomic E-state index is 12.1. The summed E-state index contributed by atoms with van der Waals surface area (Å²) in [6.45, 7) is 1.45. The van der Waals surface area contributed by atoms with Crippen LogP contribution in [0.15, 0.2) is 5.38 Å². The normalized spacial score (nSPS) is 19.8. The number of piperidine rings is 1. The van der Waals surface area contributed by atoms with E-state index in [4.69, 9.17) is 5.73 Å². The van der Waals surface area contributed by atoms with E-state index in [-0.39, 0.29) is 24.4 Å². The summed E-state index contributed by atoms with van der Waals surface area (Å²) in [5.74, 6) is 0.00639. The third-order valence-corrected chi connectivity index (χ3v) is 3.47. The second-order valence-corrected chi connectivity index (χ2v) is 4.63. The third-order valence-electron chi connectivity index (χ3n) is 2.97. The first-order chi connectivity index (χ1) is 7.83. The molecular formula is C10H17ClN4OS. The molecule has 0 bridgehead atoms. The number of hydrogen-bond donors (Lipinski definition) is 1. The van der Waals surface area contributed by atoms with E-state index in [1.54, 1.807) is 5.38 Å². The Kier molecular flexibility index (Phi) is 5.80. The molecule has 1 atom stereocenters. The lowest BCUT2D eigenvalue weighted by Crippen LogP contribution is -2.44. The fourth-order valence-corrected chi connectivity index (χ4v) is 2.60. The van der Waals surface area contributed by atoms with E-state index in [1.807, 2.05) is 4.90 Å². The number of likely N-dealkylation sites (tertiary alicyclic amines) is 1. The summed E-state index contributed by atoms with van der Waals surface area (Å²) in [6, 6.07) is 0.285. The number of halogens is 1. The molecule has 1 amide bonds. The van der Waals surface area contributed by atoms with Crippen LogP contribution in [0.2, 0.25) is 0 Å². The molecule has 2 rings (SSSR count). The van der Waals surface area contributed by atoms with Crippen molar-refractivity contribution >= 4 is 29.8 Å². The van der Waals surface area contributed by atoms with Gasteiger partial charge in [-0.1, -0.05) is 4.49 Å². The zero-order valence-electron chi connectivity index (χ0n) is 9.54. The fraction of sp³-hybridized carbons (Fsp3) is 0.700. The lowest BCUT2D eigenvalue weighted by molar-refractivity contribution is 0.0599. The van der Waals surface area contributed by atoms with Crippen molar-refractivity contribution < 1.29 is 4.79 Å².